The fourth-order valence-corrected chi connectivity index (χ4v) is 3.86. The third kappa shape index (κ3) is 1.70. The molecule has 2 aromatic rings. The van der Waals surface area contributed by atoms with Crippen molar-refractivity contribution in [1.29, 1.82) is 0 Å². The molecular weight excluding hydrogens is 262 g/mol. The van der Waals surface area contributed by atoms with Gasteiger partial charge >= 0.3 is 0 Å². The van der Waals surface area contributed by atoms with Crippen molar-refractivity contribution in [3.63, 3.8) is 0 Å². The second-order valence-electron chi connectivity index (χ2n) is 5.98. The fourth-order valence-electron chi connectivity index (χ4n) is 3.86. The lowest BCUT2D eigenvalue weighted by Gasteiger charge is -2.40. The zero-order valence-corrected chi connectivity index (χ0v) is 12.4. The molecule has 108 valence electrons. The Morgan fingerprint density at radius 2 is 2.05 bits per heavy atom. The van der Waals surface area contributed by atoms with Crippen molar-refractivity contribution in [3.8, 4) is 22.6 Å². The van der Waals surface area contributed by atoms with Crippen molar-refractivity contribution in [3.05, 3.63) is 47.0 Å². The van der Waals surface area contributed by atoms with E-state index >= 15 is 0 Å². The zero-order chi connectivity index (χ0) is 14.6. The van der Waals surface area contributed by atoms with Gasteiger partial charge in [0, 0.05) is 18.2 Å². The van der Waals surface area contributed by atoms with E-state index in [4.69, 9.17) is 4.74 Å². The molecule has 1 atom stereocenters. The number of phenolic OH excluding ortho intramolecular Hbond substituents is 1. The second kappa shape index (κ2) is 4.50. The Kier molecular flexibility index (Phi) is 2.73. The van der Waals surface area contributed by atoms with Gasteiger partial charge in [-0.2, -0.15) is 0 Å². The molecule has 0 fully saturated rings. The number of benzene rings is 2. The van der Waals surface area contributed by atoms with Gasteiger partial charge < -0.3 is 9.84 Å². The Bertz CT molecular complexity index is 723. The number of hydrogen-bond acceptors (Lipinski definition) is 3. The number of ether oxygens (including phenoxy) is 1. The first-order chi connectivity index (χ1) is 10.2. The van der Waals surface area contributed by atoms with Crippen LogP contribution in [-0.4, -0.2) is 30.7 Å². The van der Waals surface area contributed by atoms with E-state index in [9.17, 15) is 5.11 Å². The summed E-state index contributed by atoms with van der Waals surface area (Å²) in [5.41, 5.74) is 6.23. The fraction of sp³-hybridized carbons (Fsp3) is 0.333. The molecule has 1 aliphatic heterocycles. The molecule has 0 radical (unpaired) electrons. The number of hydrogen-bond donors (Lipinski definition) is 1. The molecule has 0 spiro atoms. The van der Waals surface area contributed by atoms with Crippen LogP contribution in [0, 0.1) is 0 Å². The van der Waals surface area contributed by atoms with Gasteiger partial charge in [0.1, 0.15) is 0 Å². The van der Waals surface area contributed by atoms with Crippen LogP contribution >= 0.6 is 0 Å². The van der Waals surface area contributed by atoms with Crippen molar-refractivity contribution in [2.75, 3.05) is 20.7 Å². The minimum absolute atomic E-state index is 0.256. The summed E-state index contributed by atoms with van der Waals surface area (Å²) in [5.74, 6) is 0.868. The standard InChI is InChI=1S/C18H19NO2/c1-19-8-7-12-10-15(20)18(21-2)17-13-6-4-3-5-11(13)9-14(19)16(12)17/h3-6,10,14,20H,7-9H2,1-2H3. The summed E-state index contributed by atoms with van der Waals surface area (Å²) in [6.45, 7) is 1.03. The number of likely N-dealkylation sites (N-methyl/N-ethyl adjacent to an activating group) is 1. The molecule has 1 aliphatic carbocycles. The molecule has 2 aromatic carbocycles. The molecule has 0 bridgehead atoms. The van der Waals surface area contributed by atoms with E-state index in [1.807, 2.05) is 6.07 Å². The first-order valence-electron chi connectivity index (χ1n) is 7.42. The highest BCUT2D eigenvalue weighted by Gasteiger charge is 2.35. The molecule has 4 rings (SSSR count). The Morgan fingerprint density at radius 1 is 1.24 bits per heavy atom. The lowest BCUT2D eigenvalue weighted by molar-refractivity contribution is 0.227. The Balaban J connectivity index is 2.10. The van der Waals surface area contributed by atoms with E-state index in [1.165, 1.54) is 22.3 Å². The highest BCUT2D eigenvalue weighted by atomic mass is 16.5. The van der Waals surface area contributed by atoms with E-state index in [1.54, 1.807) is 7.11 Å². The van der Waals surface area contributed by atoms with Crippen molar-refractivity contribution >= 4 is 0 Å². The minimum Gasteiger partial charge on any atom is -0.504 e. The van der Waals surface area contributed by atoms with Gasteiger partial charge in [0.2, 0.25) is 0 Å². The van der Waals surface area contributed by atoms with Gasteiger partial charge in [0.25, 0.3) is 0 Å². The summed E-state index contributed by atoms with van der Waals surface area (Å²) < 4.78 is 5.54. The number of nitrogens with zero attached hydrogens (tertiary/aromatic N) is 1. The number of fused-ring (bicyclic) bond motifs is 2. The lowest BCUT2D eigenvalue weighted by Crippen LogP contribution is -2.35. The van der Waals surface area contributed by atoms with E-state index in [2.05, 4.69) is 36.2 Å². The third-order valence-electron chi connectivity index (χ3n) is 4.89. The molecule has 1 heterocycles. The number of phenols is 1. The van der Waals surface area contributed by atoms with Gasteiger partial charge in [-0.3, -0.25) is 4.90 Å². The topological polar surface area (TPSA) is 32.7 Å². The average molecular weight is 281 g/mol. The van der Waals surface area contributed by atoms with Crippen LogP contribution in [0.2, 0.25) is 0 Å². The zero-order valence-electron chi connectivity index (χ0n) is 12.4. The smallest absolute Gasteiger partial charge is 0.168 e. The van der Waals surface area contributed by atoms with Crippen LogP contribution in [0.1, 0.15) is 22.7 Å². The Hall–Kier alpha value is -2.00. The lowest BCUT2D eigenvalue weighted by atomic mass is 9.76. The number of rotatable bonds is 1. The van der Waals surface area contributed by atoms with Crippen LogP contribution in [0.3, 0.4) is 0 Å². The van der Waals surface area contributed by atoms with Crippen LogP contribution in [-0.2, 0) is 12.8 Å². The van der Waals surface area contributed by atoms with Gasteiger partial charge in [-0.05, 0) is 48.2 Å². The van der Waals surface area contributed by atoms with Crippen molar-refractivity contribution in [1.82, 2.24) is 4.90 Å². The highest BCUT2D eigenvalue weighted by molar-refractivity contribution is 5.83. The summed E-state index contributed by atoms with van der Waals surface area (Å²) in [7, 11) is 3.82. The van der Waals surface area contributed by atoms with E-state index in [0.29, 0.717) is 11.8 Å². The molecule has 1 unspecified atom stereocenters. The molecule has 0 saturated carbocycles. The molecule has 0 saturated heterocycles. The molecule has 21 heavy (non-hydrogen) atoms. The normalized spacial score (nSPS) is 19.8. The van der Waals surface area contributed by atoms with Crippen LogP contribution in [0.4, 0.5) is 0 Å². The first kappa shape index (κ1) is 12.7. The summed E-state index contributed by atoms with van der Waals surface area (Å²) >= 11 is 0. The molecule has 0 aromatic heterocycles. The molecular formula is C18H19NO2. The first-order valence-corrected chi connectivity index (χ1v) is 7.42. The second-order valence-corrected chi connectivity index (χ2v) is 5.98. The summed E-state index contributed by atoms with van der Waals surface area (Å²) in [6.07, 6.45) is 2.01. The van der Waals surface area contributed by atoms with Crippen LogP contribution in [0.25, 0.3) is 11.1 Å². The largest absolute Gasteiger partial charge is 0.504 e. The molecule has 1 N–H and O–H groups in total. The molecule has 2 aliphatic rings. The maximum Gasteiger partial charge on any atom is 0.168 e. The minimum atomic E-state index is 0.256. The van der Waals surface area contributed by atoms with E-state index in [-0.39, 0.29) is 5.75 Å². The summed E-state index contributed by atoms with van der Waals surface area (Å²) in [6, 6.07) is 10.7. The monoisotopic (exact) mass is 281 g/mol. The van der Waals surface area contributed by atoms with E-state index < -0.39 is 0 Å². The molecule has 3 heteroatoms. The predicted molar refractivity (Wildman–Crippen MR) is 82.9 cm³/mol. The highest BCUT2D eigenvalue weighted by Crippen LogP contribution is 2.51. The summed E-state index contributed by atoms with van der Waals surface area (Å²) in [4.78, 5) is 2.41. The summed E-state index contributed by atoms with van der Waals surface area (Å²) in [5, 5.41) is 10.3. The van der Waals surface area contributed by atoms with Gasteiger partial charge in [0.05, 0.1) is 7.11 Å². The van der Waals surface area contributed by atoms with Crippen molar-refractivity contribution in [2.24, 2.45) is 0 Å². The van der Waals surface area contributed by atoms with Gasteiger partial charge in [0.15, 0.2) is 11.5 Å². The molecule has 0 amide bonds. The maximum absolute atomic E-state index is 10.3. The SMILES string of the molecule is COc1c(O)cc2c3c1-c1ccccc1CC3N(C)CC2. The third-order valence-corrected chi connectivity index (χ3v) is 4.89. The predicted octanol–water partition coefficient (Wildman–Crippen LogP) is 3.15. The van der Waals surface area contributed by atoms with E-state index in [0.717, 1.165) is 24.9 Å². The van der Waals surface area contributed by atoms with Crippen LogP contribution in [0.15, 0.2) is 30.3 Å². The Morgan fingerprint density at radius 3 is 2.86 bits per heavy atom. The van der Waals surface area contributed by atoms with Gasteiger partial charge in [-0.1, -0.05) is 24.3 Å². The quantitative estimate of drug-likeness (QED) is 0.871. The van der Waals surface area contributed by atoms with Gasteiger partial charge in [-0.25, -0.2) is 0 Å². The van der Waals surface area contributed by atoms with Crippen molar-refractivity contribution < 1.29 is 9.84 Å². The average Bonchev–Trinajstić information content (AvgIpc) is 2.50. The molecule has 3 nitrogen and oxygen atoms in total. The number of aromatic hydroxyl groups is 1. The maximum atomic E-state index is 10.3. The van der Waals surface area contributed by atoms with Crippen molar-refractivity contribution in [2.45, 2.75) is 18.9 Å². The van der Waals surface area contributed by atoms with Crippen LogP contribution < -0.4 is 4.74 Å². The number of methoxy groups -OCH3 is 1. The van der Waals surface area contributed by atoms with Crippen LogP contribution in [0.5, 0.6) is 11.5 Å². The Labute approximate surface area is 124 Å². The van der Waals surface area contributed by atoms with Gasteiger partial charge in [-0.15, -0.1) is 0 Å².